The summed E-state index contributed by atoms with van der Waals surface area (Å²) in [6, 6.07) is 14.6. The Bertz CT molecular complexity index is 711. The molecule has 0 bridgehead atoms. The number of nitrogens with zero attached hydrogens (tertiary/aromatic N) is 2. The van der Waals surface area contributed by atoms with E-state index in [-0.39, 0.29) is 5.75 Å². The summed E-state index contributed by atoms with van der Waals surface area (Å²) in [6.07, 6.45) is 2.48. The van der Waals surface area contributed by atoms with E-state index in [1.54, 1.807) is 24.3 Å². The van der Waals surface area contributed by atoms with Gasteiger partial charge >= 0.3 is 0 Å². The predicted molar refractivity (Wildman–Crippen MR) is 76.8 cm³/mol. The van der Waals surface area contributed by atoms with Gasteiger partial charge in [0.15, 0.2) is 0 Å². The van der Waals surface area contributed by atoms with Crippen molar-refractivity contribution >= 4 is 10.9 Å². The molecule has 0 aliphatic heterocycles. The second-order valence-electron chi connectivity index (χ2n) is 4.44. The molecule has 0 amide bonds. The van der Waals surface area contributed by atoms with E-state index in [9.17, 15) is 5.11 Å². The summed E-state index contributed by atoms with van der Waals surface area (Å²) in [4.78, 5) is 8.81. The Morgan fingerprint density at radius 2 is 1.80 bits per heavy atom. The van der Waals surface area contributed by atoms with Crippen LogP contribution >= 0.6 is 0 Å². The Hall–Kier alpha value is -2.62. The van der Waals surface area contributed by atoms with E-state index >= 15 is 0 Å². The van der Waals surface area contributed by atoms with Crippen LogP contribution in [-0.4, -0.2) is 21.7 Å². The van der Waals surface area contributed by atoms with Gasteiger partial charge in [-0.25, -0.2) is 9.97 Å². The van der Waals surface area contributed by atoms with Crippen molar-refractivity contribution in [3.05, 3.63) is 60.6 Å². The molecule has 0 saturated heterocycles. The quantitative estimate of drug-likeness (QED) is 0.788. The lowest BCUT2D eigenvalue weighted by molar-refractivity contribution is 0.318. The van der Waals surface area contributed by atoms with Crippen molar-refractivity contribution in [2.45, 2.75) is 6.42 Å². The van der Waals surface area contributed by atoms with Crippen LogP contribution in [0.3, 0.4) is 0 Å². The Morgan fingerprint density at radius 1 is 1.00 bits per heavy atom. The molecule has 0 aliphatic rings. The van der Waals surface area contributed by atoms with E-state index < -0.39 is 0 Å². The highest BCUT2D eigenvalue weighted by molar-refractivity contribution is 5.77. The van der Waals surface area contributed by atoms with Crippen molar-refractivity contribution in [3.8, 4) is 11.5 Å². The van der Waals surface area contributed by atoms with Gasteiger partial charge in [0.25, 0.3) is 0 Å². The van der Waals surface area contributed by atoms with Crippen LogP contribution in [0, 0.1) is 0 Å². The molecule has 20 heavy (non-hydrogen) atoms. The van der Waals surface area contributed by atoms with Crippen molar-refractivity contribution in [2.24, 2.45) is 0 Å². The second-order valence-corrected chi connectivity index (χ2v) is 4.44. The molecule has 0 radical (unpaired) electrons. The first-order valence-corrected chi connectivity index (χ1v) is 6.44. The highest BCUT2D eigenvalue weighted by atomic mass is 16.5. The minimum absolute atomic E-state index is 0.232. The van der Waals surface area contributed by atoms with Crippen LogP contribution in [0.2, 0.25) is 0 Å². The van der Waals surface area contributed by atoms with Gasteiger partial charge in [-0.1, -0.05) is 18.2 Å². The number of para-hydroxylation sites is 1. The smallest absolute Gasteiger partial charge is 0.132 e. The predicted octanol–water partition coefficient (Wildman–Crippen LogP) is 2.96. The molecule has 4 heteroatoms. The van der Waals surface area contributed by atoms with Crippen molar-refractivity contribution in [1.82, 2.24) is 9.97 Å². The summed E-state index contributed by atoms with van der Waals surface area (Å²) in [5.74, 6) is 1.72. The number of phenols is 1. The molecule has 4 nitrogen and oxygen atoms in total. The molecule has 0 fully saturated rings. The molecule has 0 unspecified atom stereocenters. The van der Waals surface area contributed by atoms with Crippen molar-refractivity contribution in [1.29, 1.82) is 0 Å². The molecule has 1 aromatic heterocycles. The van der Waals surface area contributed by atoms with Gasteiger partial charge in [-0.2, -0.15) is 0 Å². The Kier molecular flexibility index (Phi) is 3.46. The van der Waals surface area contributed by atoms with Crippen molar-refractivity contribution < 1.29 is 9.84 Å². The largest absolute Gasteiger partial charge is 0.508 e. The van der Waals surface area contributed by atoms with Gasteiger partial charge in [-0.3, -0.25) is 0 Å². The summed E-state index contributed by atoms with van der Waals surface area (Å²) in [7, 11) is 0. The molecule has 0 spiro atoms. The van der Waals surface area contributed by atoms with E-state index in [4.69, 9.17) is 4.74 Å². The molecule has 1 heterocycles. The average molecular weight is 266 g/mol. The average Bonchev–Trinajstić information content (AvgIpc) is 2.49. The number of fused-ring (bicyclic) bond motifs is 1. The number of benzene rings is 2. The van der Waals surface area contributed by atoms with Crippen LogP contribution < -0.4 is 4.74 Å². The maximum Gasteiger partial charge on any atom is 0.132 e. The normalized spacial score (nSPS) is 10.6. The number of aromatic hydroxyl groups is 1. The minimum atomic E-state index is 0.232. The van der Waals surface area contributed by atoms with Crippen LogP contribution in [-0.2, 0) is 6.42 Å². The fourth-order valence-corrected chi connectivity index (χ4v) is 1.93. The zero-order valence-electron chi connectivity index (χ0n) is 10.9. The van der Waals surface area contributed by atoms with Crippen LogP contribution in [0.25, 0.3) is 10.9 Å². The first kappa shape index (κ1) is 12.4. The molecule has 0 aliphatic carbocycles. The van der Waals surface area contributed by atoms with E-state index in [1.165, 1.54) is 0 Å². The second kappa shape index (κ2) is 5.57. The first-order chi connectivity index (χ1) is 9.81. The third kappa shape index (κ3) is 2.85. The molecular formula is C16H14N2O2. The van der Waals surface area contributed by atoms with E-state index in [0.29, 0.717) is 13.0 Å². The van der Waals surface area contributed by atoms with Crippen LogP contribution in [0.4, 0.5) is 0 Å². The third-order valence-electron chi connectivity index (χ3n) is 2.97. The molecule has 3 rings (SSSR count). The summed E-state index contributed by atoms with van der Waals surface area (Å²) < 4.78 is 5.59. The Balaban J connectivity index is 1.63. The summed E-state index contributed by atoms with van der Waals surface area (Å²) in [5.41, 5.74) is 0.946. The van der Waals surface area contributed by atoms with E-state index in [0.717, 1.165) is 22.5 Å². The zero-order chi connectivity index (χ0) is 13.8. The zero-order valence-corrected chi connectivity index (χ0v) is 10.9. The van der Waals surface area contributed by atoms with Crippen molar-refractivity contribution in [3.63, 3.8) is 0 Å². The molecule has 3 aromatic rings. The molecule has 0 saturated carbocycles. The van der Waals surface area contributed by atoms with Gasteiger partial charge in [-0.15, -0.1) is 0 Å². The first-order valence-electron chi connectivity index (χ1n) is 6.44. The number of aromatic nitrogens is 2. The topological polar surface area (TPSA) is 55.2 Å². The lowest BCUT2D eigenvalue weighted by atomic mass is 10.2. The third-order valence-corrected chi connectivity index (χ3v) is 2.97. The lowest BCUT2D eigenvalue weighted by Crippen LogP contribution is -2.04. The number of hydrogen-bond acceptors (Lipinski definition) is 4. The standard InChI is InChI=1S/C16H14N2O2/c19-13-5-7-14(8-6-13)20-10-9-16-17-11-12-3-1-2-4-15(12)18-16/h1-8,11,19H,9-10H2. The van der Waals surface area contributed by atoms with Crippen molar-refractivity contribution in [2.75, 3.05) is 6.61 Å². The maximum atomic E-state index is 9.19. The highest BCUT2D eigenvalue weighted by Crippen LogP contribution is 2.16. The van der Waals surface area contributed by atoms with Crippen LogP contribution in [0.1, 0.15) is 5.82 Å². The van der Waals surface area contributed by atoms with E-state index in [1.807, 2.05) is 30.5 Å². The van der Waals surface area contributed by atoms with Gasteiger partial charge in [0.2, 0.25) is 0 Å². The fraction of sp³-hybridized carbons (Fsp3) is 0.125. The summed E-state index contributed by atoms with van der Waals surface area (Å²) >= 11 is 0. The van der Waals surface area contributed by atoms with E-state index in [2.05, 4.69) is 9.97 Å². The monoisotopic (exact) mass is 266 g/mol. The number of hydrogen-bond donors (Lipinski definition) is 1. The van der Waals surface area contributed by atoms with Gasteiger partial charge in [0.1, 0.15) is 17.3 Å². The highest BCUT2D eigenvalue weighted by Gasteiger charge is 2.01. The van der Waals surface area contributed by atoms with Gasteiger partial charge in [-0.05, 0) is 30.3 Å². The maximum absolute atomic E-state index is 9.19. The Labute approximate surface area is 116 Å². The number of phenolic OH excluding ortho intramolecular Hbond substituents is 1. The van der Waals surface area contributed by atoms with Gasteiger partial charge in [0.05, 0.1) is 12.1 Å². The SMILES string of the molecule is Oc1ccc(OCCc2ncc3ccccc3n2)cc1. The number of rotatable bonds is 4. The van der Waals surface area contributed by atoms with Crippen LogP contribution in [0.15, 0.2) is 54.7 Å². The van der Waals surface area contributed by atoms with Gasteiger partial charge in [0, 0.05) is 18.0 Å². The molecule has 0 atom stereocenters. The number of ether oxygens (including phenoxy) is 1. The minimum Gasteiger partial charge on any atom is -0.508 e. The molecule has 100 valence electrons. The van der Waals surface area contributed by atoms with Gasteiger partial charge < -0.3 is 9.84 Å². The molecule has 2 aromatic carbocycles. The fourth-order valence-electron chi connectivity index (χ4n) is 1.93. The Morgan fingerprint density at radius 3 is 2.65 bits per heavy atom. The lowest BCUT2D eigenvalue weighted by Gasteiger charge is -2.06. The summed E-state index contributed by atoms with van der Waals surface area (Å²) in [5, 5.41) is 10.2. The summed E-state index contributed by atoms with van der Waals surface area (Å²) in [6.45, 7) is 0.503. The molecule has 1 N–H and O–H groups in total. The van der Waals surface area contributed by atoms with Crippen LogP contribution in [0.5, 0.6) is 11.5 Å². The molecular weight excluding hydrogens is 252 g/mol.